The lowest BCUT2D eigenvalue weighted by molar-refractivity contribution is 0.102. The molecule has 7 nitrogen and oxygen atoms in total. The molecule has 0 atom stereocenters. The summed E-state index contributed by atoms with van der Waals surface area (Å²) < 4.78 is 25.5. The highest BCUT2D eigenvalue weighted by molar-refractivity contribution is 8.01. The van der Waals surface area contributed by atoms with E-state index in [1.165, 1.54) is 35.6 Å². The first-order valence-corrected chi connectivity index (χ1v) is 10.8. The maximum absolute atomic E-state index is 12.2. The molecule has 130 valence electrons. The summed E-state index contributed by atoms with van der Waals surface area (Å²) in [4.78, 5) is 12.2. The van der Waals surface area contributed by atoms with Crippen molar-refractivity contribution < 1.29 is 13.2 Å². The number of sulfonamides is 1. The molecule has 0 aliphatic rings. The standard InChI is InChI=1S/C14H18N4O3S3/c1-9(2)8-22-14-17-16-13(23-14)15-12(19)10-4-6-11(7-5-10)18-24(3,20)21/h4-7,9,18H,8H2,1-3H3,(H,15,16,19). The van der Waals surface area contributed by atoms with Crippen molar-refractivity contribution in [1.82, 2.24) is 10.2 Å². The molecule has 0 saturated carbocycles. The van der Waals surface area contributed by atoms with Crippen LogP contribution in [-0.2, 0) is 10.0 Å². The highest BCUT2D eigenvalue weighted by Gasteiger charge is 2.11. The number of nitrogens with zero attached hydrogens (tertiary/aromatic N) is 2. The second-order valence-electron chi connectivity index (χ2n) is 5.48. The summed E-state index contributed by atoms with van der Waals surface area (Å²) in [5.74, 6) is 1.17. The Balaban J connectivity index is 1.97. The maximum atomic E-state index is 12.2. The van der Waals surface area contributed by atoms with Gasteiger partial charge in [0, 0.05) is 17.0 Å². The first-order valence-electron chi connectivity index (χ1n) is 7.08. The molecule has 2 N–H and O–H groups in total. The van der Waals surface area contributed by atoms with E-state index in [1.807, 2.05) is 0 Å². The van der Waals surface area contributed by atoms with E-state index in [0.29, 0.717) is 22.3 Å². The molecule has 1 aromatic carbocycles. The van der Waals surface area contributed by atoms with Crippen LogP contribution < -0.4 is 10.0 Å². The molecule has 0 saturated heterocycles. The Morgan fingerprint density at radius 3 is 2.50 bits per heavy atom. The van der Waals surface area contributed by atoms with Crippen LogP contribution in [0.5, 0.6) is 0 Å². The monoisotopic (exact) mass is 386 g/mol. The first kappa shape index (κ1) is 18.7. The molecule has 2 rings (SSSR count). The molecular weight excluding hydrogens is 368 g/mol. The van der Waals surface area contributed by atoms with Crippen molar-refractivity contribution in [3.05, 3.63) is 29.8 Å². The second kappa shape index (κ2) is 7.95. The molecule has 10 heteroatoms. The number of aromatic nitrogens is 2. The molecule has 0 bridgehead atoms. The summed E-state index contributed by atoms with van der Waals surface area (Å²) in [6.07, 6.45) is 1.07. The fourth-order valence-corrected chi connectivity index (χ4v) is 3.92. The number of rotatable bonds is 7. The average molecular weight is 387 g/mol. The van der Waals surface area contributed by atoms with Crippen molar-refractivity contribution in [2.45, 2.75) is 18.2 Å². The first-order chi connectivity index (χ1) is 11.2. The van der Waals surface area contributed by atoms with Crippen LogP contribution in [0.2, 0.25) is 0 Å². The van der Waals surface area contributed by atoms with Crippen molar-refractivity contribution >= 4 is 49.8 Å². The van der Waals surface area contributed by atoms with Crippen molar-refractivity contribution in [1.29, 1.82) is 0 Å². The van der Waals surface area contributed by atoms with Gasteiger partial charge >= 0.3 is 0 Å². The molecule has 24 heavy (non-hydrogen) atoms. The van der Waals surface area contributed by atoms with E-state index in [9.17, 15) is 13.2 Å². The highest BCUT2D eigenvalue weighted by Crippen LogP contribution is 2.27. The van der Waals surface area contributed by atoms with Crippen molar-refractivity contribution in [2.24, 2.45) is 5.92 Å². The summed E-state index contributed by atoms with van der Waals surface area (Å²) in [5, 5.41) is 11.1. The molecule has 0 fully saturated rings. The Morgan fingerprint density at radius 1 is 1.25 bits per heavy atom. The summed E-state index contributed by atoms with van der Waals surface area (Å²) in [6.45, 7) is 4.25. The van der Waals surface area contributed by atoms with Gasteiger partial charge in [0.15, 0.2) is 4.34 Å². The minimum absolute atomic E-state index is 0.322. The van der Waals surface area contributed by atoms with E-state index in [4.69, 9.17) is 0 Å². The Hall–Kier alpha value is -1.65. The Morgan fingerprint density at radius 2 is 1.92 bits per heavy atom. The zero-order valence-corrected chi connectivity index (χ0v) is 15.9. The van der Waals surface area contributed by atoms with Crippen LogP contribution in [0.3, 0.4) is 0 Å². The number of benzene rings is 1. The number of nitrogens with one attached hydrogen (secondary N) is 2. The number of hydrogen-bond donors (Lipinski definition) is 2. The lowest BCUT2D eigenvalue weighted by Crippen LogP contribution is -2.12. The minimum atomic E-state index is -3.34. The molecule has 2 aromatic rings. The average Bonchev–Trinajstić information content (AvgIpc) is 2.91. The molecular formula is C14H18N4O3S3. The summed E-state index contributed by atoms with van der Waals surface area (Å²) in [6, 6.07) is 6.14. The predicted octanol–water partition coefficient (Wildman–Crippen LogP) is 2.91. The van der Waals surface area contributed by atoms with E-state index in [1.54, 1.807) is 11.8 Å². The lowest BCUT2D eigenvalue weighted by atomic mass is 10.2. The van der Waals surface area contributed by atoms with Crippen LogP contribution in [0, 0.1) is 5.92 Å². The molecule has 0 spiro atoms. The quantitative estimate of drug-likeness (QED) is 0.560. The Kier molecular flexibility index (Phi) is 6.19. The molecule has 0 radical (unpaired) electrons. The van der Waals surface area contributed by atoms with Crippen LogP contribution in [0.4, 0.5) is 10.8 Å². The smallest absolute Gasteiger partial charge is 0.257 e. The molecule has 1 amide bonds. The zero-order chi connectivity index (χ0) is 17.7. The fraction of sp³-hybridized carbons (Fsp3) is 0.357. The minimum Gasteiger partial charge on any atom is -0.296 e. The van der Waals surface area contributed by atoms with Gasteiger partial charge in [-0.05, 0) is 30.2 Å². The second-order valence-corrected chi connectivity index (χ2v) is 9.48. The maximum Gasteiger partial charge on any atom is 0.257 e. The number of anilines is 2. The van der Waals surface area contributed by atoms with Gasteiger partial charge in [-0.25, -0.2) is 8.42 Å². The van der Waals surface area contributed by atoms with Gasteiger partial charge in [-0.2, -0.15) is 0 Å². The lowest BCUT2D eigenvalue weighted by Gasteiger charge is -2.05. The molecule has 1 aromatic heterocycles. The zero-order valence-electron chi connectivity index (χ0n) is 13.4. The SMILES string of the molecule is CC(C)CSc1nnc(NC(=O)c2ccc(NS(C)(=O)=O)cc2)s1. The fourth-order valence-electron chi connectivity index (χ4n) is 1.63. The van der Waals surface area contributed by atoms with E-state index >= 15 is 0 Å². The third kappa shape index (κ3) is 6.10. The van der Waals surface area contributed by atoms with E-state index < -0.39 is 10.0 Å². The van der Waals surface area contributed by atoms with Crippen LogP contribution in [0.25, 0.3) is 0 Å². The van der Waals surface area contributed by atoms with Gasteiger partial charge in [0.05, 0.1) is 6.26 Å². The Bertz CT molecular complexity index is 801. The Labute approximate surface area is 149 Å². The topological polar surface area (TPSA) is 101 Å². The van der Waals surface area contributed by atoms with E-state index in [0.717, 1.165) is 16.3 Å². The van der Waals surface area contributed by atoms with Gasteiger partial charge in [-0.15, -0.1) is 10.2 Å². The van der Waals surface area contributed by atoms with Gasteiger partial charge in [0.2, 0.25) is 15.2 Å². The van der Waals surface area contributed by atoms with Crippen LogP contribution in [0.15, 0.2) is 28.6 Å². The van der Waals surface area contributed by atoms with Gasteiger partial charge in [-0.1, -0.05) is 36.9 Å². The molecule has 0 aliphatic heterocycles. The van der Waals surface area contributed by atoms with E-state index in [2.05, 4.69) is 34.1 Å². The summed E-state index contributed by atoms with van der Waals surface area (Å²) in [5.41, 5.74) is 0.804. The number of amides is 1. The van der Waals surface area contributed by atoms with Gasteiger partial charge in [0.1, 0.15) is 0 Å². The highest BCUT2D eigenvalue weighted by atomic mass is 32.2. The van der Waals surface area contributed by atoms with Crippen LogP contribution >= 0.6 is 23.1 Å². The van der Waals surface area contributed by atoms with Crippen molar-refractivity contribution in [3.63, 3.8) is 0 Å². The number of thioether (sulfide) groups is 1. The van der Waals surface area contributed by atoms with Gasteiger partial charge in [-0.3, -0.25) is 14.8 Å². The normalized spacial score (nSPS) is 11.5. The number of hydrogen-bond acceptors (Lipinski definition) is 7. The number of carbonyl (C=O) groups excluding carboxylic acids is 1. The summed E-state index contributed by atoms with van der Waals surface area (Å²) in [7, 11) is -3.34. The third-order valence-corrected chi connectivity index (χ3v) is 5.62. The van der Waals surface area contributed by atoms with E-state index in [-0.39, 0.29) is 5.91 Å². The number of carbonyl (C=O) groups is 1. The molecule has 0 aliphatic carbocycles. The van der Waals surface area contributed by atoms with Crippen LogP contribution in [0.1, 0.15) is 24.2 Å². The summed E-state index contributed by atoms with van der Waals surface area (Å²) >= 11 is 2.93. The third-order valence-electron chi connectivity index (χ3n) is 2.62. The largest absolute Gasteiger partial charge is 0.296 e. The van der Waals surface area contributed by atoms with Crippen molar-refractivity contribution in [2.75, 3.05) is 22.0 Å². The van der Waals surface area contributed by atoms with Gasteiger partial charge < -0.3 is 0 Å². The predicted molar refractivity (Wildman–Crippen MR) is 98.3 cm³/mol. The molecule has 1 heterocycles. The van der Waals surface area contributed by atoms with Crippen LogP contribution in [-0.4, -0.2) is 36.5 Å². The molecule has 0 unspecified atom stereocenters. The van der Waals surface area contributed by atoms with Crippen molar-refractivity contribution in [3.8, 4) is 0 Å². The van der Waals surface area contributed by atoms with Gasteiger partial charge in [0.25, 0.3) is 5.91 Å².